The molecule has 0 atom stereocenters. The number of benzene rings is 1. The van der Waals surface area contributed by atoms with Crippen LogP contribution in [0.5, 0.6) is 0 Å². The molecular formula is C9H11N3O. The summed E-state index contributed by atoms with van der Waals surface area (Å²) in [6.45, 7) is 1.02. The van der Waals surface area contributed by atoms with Crippen molar-refractivity contribution in [1.82, 2.24) is 5.32 Å². The molecule has 4 heteroatoms. The van der Waals surface area contributed by atoms with Gasteiger partial charge in [0.1, 0.15) is 0 Å². The number of anilines is 2. The summed E-state index contributed by atoms with van der Waals surface area (Å²) in [7, 11) is 0. The molecule has 68 valence electrons. The third-order valence-electron chi connectivity index (χ3n) is 2.06. The van der Waals surface area contributed by atoms with Crippen molar-refractivity contribution in [2.24, 2.45) is 0 Å². The first kappa shape index (κ1) is 7.91. The smallest absolute Gasteiger partial charge is 0.240 e. The van der Waals surface area contributed by atoms with E-state index in [0.29, 0.717) is 13.2 Å². The van der Waals surface area contributed by atoms with E-state index in [2.05, 4.69) is 5.32 Å². The van der Waals surface area contributed by atoms with Gasteiger partial charge in [0.25, 0.3) is 0 Å². The van der Waals surface area contributed by atoms with E-state index in [1.165, 1.54) is 0 Å². The van der Waals surface area contributed by atoms with E-state index in [1.807, 2.05) is 29.2 Å². The Balaban J connectivity index is 2.17. The molecule has 1 amide bonds. The Bertz CT molecular complexity index is 320. The van der Waals surface area contributed by atoms with Gasteiger partial charge >= 0.3 is 0 Å². The molecule has 3 N–H and O–H groups in total. The van der Waals surface area contributed by atoms with Gasteiger partial charge in [0.2, 0.25) is 5.91 Å². The Labute approximate surface area is 76.3 Å². The largest absolute Gasteiger partial charge is 0.399 e. The van der Waals surface area contributed by atoms with Crippen molar-refractivity contribution in [3.05, 3.63) is 24.3 Å². The van der Waals surface area contributed by atoms with Gasteiger partial charge in [-0.25, -0.2) is 0 Å². The van der Waals surface area contributed by atoms with Crippen molar-refractivity contribution in [2.75, 3.05) is 23.8 Å². The van der Waals surface area contributed by atoms with E-state index in [1.54, 1.807) is 0 Å². The summed E-state index contributed by atoms with van der Waals surface area (Å²) in [4.78, 5) is 12.9. The maximum Gasteiger partial charge on any atom is 0.240 e. The van der Waals surface area contributed by atoms with Gasteiger partial charge in [0.15, 0.2) is 0 Å². The Morgan fingerprint density at radius 1 is 1.31 bits per heavy atom. The lowest BCUT2D eigenvalue weighted by Gasteiger charge is -2.14. The van der Waals surface area contributed by atoms with Crippen molar-refractivity contribution in [2.45, 2.75) is 0 Å². The molecule has 1 fully saturated rings. The van der Waals surface area contributed by atoms with Gasteiger partial charge in [0, 0.05) is 11.4 Å². The minimum absolute atomic E-state index is 0.0665. The highest BCUT2D eigenvalue weighted by Gasteiger charge is 2.17. The van der Waals surface area contributed by atoms with E-state index in [9.17, 15) is 4.79 Å². The number of hydrogen-bond acceptors (Lipinski definition) is 3. The van der Waals surface area contributed by atoms with E-state index >= 15 is 0 Å². The van der Waals surface area contributed by atoms with Gasteiger partial charge < -0.3 is 16.0 Å². The number of hydrogen-bond donors (Lipinski definition) is 2. The fourth-order valence-corrected chi connectivity index (χ4v) is 1.34. The van der Waals surface area contributed by atoms with Crippen molar-refractivity contribution in [3.63, 3.8) is 0 Å². The quantitative estimate of drug-likeness (QED) is 0.601. The summed E-state index contributed by atoms with van der Waals surface area (Å²) >= 11 is 0. The molecule has 1 aliphatic heterocycles. The zero-order valence-electron chi connectivity index (χ0n) is 7.16. The summed E-state index contributed by atoms with van der Waals surface area (Å²) in [5, 5.41) is 2.74. The predicted molar refractivity (Wildman–Crippen MR) is 51.2 cm³/mol. The van der Waals surface area contributed by atoms with Crippen molar-refractivity contribution >= 4 is 17.3 Å². The summed E-state index contributed by atoms with van der Waals surface area (Å²) in [5.41, 5.74) is 7.31. The molecular weight excluding hydrogens is 166 g/mol. The summed E-state index contributed by atoms with van der Waals surface area (Å²) in [6.07, 6.45) is 0. The van der Waals surface area contributed by atoms with Gasteiger partial charge in [0.05, 0.1) is 13.2 Å². The van der Waals surface area contributed by atoms with Crippen molar-refractivity contribution in [3.8, 4) is 0 Å². The van der Waals surface area contributed by atoms with Crippen LogP contribution in [-0.4, -0.2) is 19.1 Å². The normalized spacial score (nSPS) is 16.0. The van der Waals surface area contributed by atoms with Crippen LogP contribution < -0.4 is 16.0 Å². The molecule has 1 heterocycles. The maximum atomic E-state index is 10.9. The molecule has 0 unspecified atom stereocenters. The lowest BCUT2D eigenvalue weighted by molar-refractivity contribution is -0.118. The number of nitrogens with one attached hydrogen (secondary N) is 1. The highest BCUT2D eigenvalue weighted by molar-refractivity contribution is 5.84. The van der Waals surface area contributed by atoms with Crippen LogP contribution in [0.1, 0.15) is 0 Å². The molecule has 2 rings (SSSR count). The molecule has 0 aromatic heterocycles. The van der Waals surface area contributed by atoms with Crippen molar-refractivity contribution in [1.29, 1.82) is 0 Å². The summed E-state index contributed by atoms with van der Waals surface area (Å²) < 4.78 is 0. The molecule has 0 aliphatic carbocycles. The Hall–Kier alpha value is -1.71. The second-order valence-corrected chi connectivity index (χ2v) is 3.05. The van der Waals surface area contributed by atoms with E-state index in [0.717, 1.165) is 11.4 Å². The Kier molecular flexibility index (Phi) is 1.81. The molecule has 1 aromatic carbocycles. The molecule has 0 spiro atoms. The van der Waals surface area contributed by atoms with Crippen LogP contribution in [0.15, 0.2) is 24.3 Å². The first-order chi connectivity index (χ1) is 6.25. The van der Waals surface area contributed by atoms with E-state index in [4.69, 9.17) is 5.73 Å². The number of nitrogens with zero attached hydrogens (tertiary/aromatic N) is 1. The third-order valence-corrected chi connectivity index (χ3v) is 2.06. The number of nitrogen functional groups attached to an aromatic ring is 1. The lowest BCUT2D eigenvalue weighted by Crippen LogP contribution is -2.20. The Morgan fingerprint density at radius 2 is 2.00 bits per heavy atom. The highest BCUT2D eigenvalue weighted by atomic mass is 16.2. The van der Waals surface area contributed by atoms with Crippen LogP contribution in [0.25, 0.3) is 0 Å². The van der Waals surface area contributed by atoms with Crippen LogP contribution in [0.2, 0.25) is 0 Å². The third kappa shape index (κ3) is 1.56. The van der Waals surface area contributed by atoms with Gasteiger partial charge in [-0.05, 0) is 24.3 Å². The SMILES string of the molecule is Nc1ccc(N2CNC(=O)C2)cc1. The Morgan fingerprint density at radius 3 is 2.54 bits per heavy atom. The molecule has 0 saturated carbocycles. The first-order valence-electron chi connectivity index (χ1n) is 4.13. The number of carbonyl (C=O) groups excluding carboxylic acids is 1. The van der Waals surface area contributed by atoms with Gasteiger partial charge in [-0.15, -0.1) is 0 Å². The molecule has 1 saturated heterocycles. The van der Waals surface area contributed by atoms with Crippen LogP contribution in [0.3, 0.4) is 0 Å². The fraction of sp³-hybridized carbons (Fsp3) is 0.222. The fourth-order valence-electron chi connectivity index (χ4n) is 1.34. The minimum Gasteiger partial charge on any atom is -0.399 e. The molecule has 0 radical (unpaired) electrons. The van der Waals surface area contributed by atoms with Crippen LogP contribution in [-0.2, 0) is 4.79 Å². The standard InChI is InChI=1S/C9H11N3O/c10-7-1-3-8(4-2-7)12-5-9(13)11-6-12/h1-4H,5-6,10H2,(H,11,13). The number of rotatable bonds is 1. The van der Waals surface area contributed by atoms with E-state index < -0.39 is 0 Å². The monoisotopic (exact) mass is 177 g/mol. The number of carbonyl (C=O) groups is 1. The topological polar surface area (TPSA) is 58.4 Å². The van der Waals surface area contributed by atoms with E-state index in [-0.39, 0.29) is 5.91 Å². The van der Waals surface area contributed by atoms with Crippen LogP contribution in [0.4, 0.5) is 11.4 Å². The van der Waals surface area contributed by atoms with Gasteiger partial charge in [-0.2, -0.15) is 0 Å². The zero-order chi connectivity index (χ0) is 9.26. The lowest BCUT2D eigenvalue weighted by atomic mass is 10.2. The van der Waals surface area contributed by atoms with Crippen LogP contribution in [0, 0.1) is 0 Å². The summed E-state index contributed by atoms with van der Waals surface area (Å²) in [5.74, 6) is 0.0665. The second kappa shape index (κ2) is 2.97. The first-order valence-corrected chi connectivity index (χ1v) is 4.13. The molecule has 0 bridgehead atoms. The maximum absolute atomic E-state index is 10.9. The molecule has 4 nitrogen and oxygen atoms in total. The molecule has 13 heavy (non-hydrogen) atoms. The number of amides is 1. The average Bonchev–Trinajstić information content (AvgIpc) is 2.53. The minimum atomic E-state index is 0.0665. The highest BCUT2D eigenvalue weighted by Crippen LogP contribution is 2.16. The second-order valence-electron chi connectivity index (χ2n) is 3.05. The van der Waals surface area contributed by atoms with Gasteiger partial charge in [-0.1, -0.05) is 0 Å². The molecule has 1 aliphatic rings. The average molecular weight is 177 g/mol. The predicted octanol–water partition coefficient (Wildman–Crippen LogP) is 0.162. The zero-order valence-corrected chi connectivity index (χ0v) is 7.16. The van der Waals surface area contributed by atoms with Gasteiger partial charge in [-0.3, -0.25) is 4.79 Å². The molecule has 1 aromatic rings. The summed E-state index contributed by atoms with van der Waals surface area (Å²) in [6, 6.07) is 7.49. The number of nitrogens with two attached hydrogens (primary N) is 1. The van der Waals surface area contributed by atoms with Crippen molar-refractivity contribution < 1.29 is 4.79 Å². The van der Waals surface area contributed by atoms with Crippen LogP contribution >= 0.6 is 0 Å².